The van der Waals surface area contributed by atoms with Crippen LogP contribution in [0.4, 0.5) is 5.13 Å². The standard InChI is InChI=1S/C19H20ClN3OS2.ClH/c1-22(2)10-11-23(18(24)14-6-4-5-7-15(14)20)19-21-16-9-8-13(25-3)12-17(16)26-19;/h4-9,12H,10-11H2,1-3H3;1H. The van der Waals surface area contributed by atoms with E-state index in [2.05, 4.69) is 12.1 Å². The highest BCUT2D eigenvalue weighted by Crippen LogP contribution is 2.32. The molecule has 144 valence electrons. The predicted molar refractivity (Wildman–Crippen MR) is 120 cm³/mol. The van der Waals surface area contributed by atoms with Crippen LogP contribution >= 0.6 is 47.1 Å². The van der Waals surface area contributed by atoms with Crippen LogP contribution in [-0.4, -0.2) is 49.2 Å². The number of amides is 1. The highest BCUT2D eigenvalue weighted by molar-refractivity contribution is 7.98. The largest absolute Gasteiger partial charge is 0.308 e. The molecule has 1 amide bonds. The molecule has 3 aromatic rings. The average Bonchev–Trinajstić information content (AvgIpc) is 3.04. The minimum atomic E-state index is -0.124. The first-order valence-corrected chi connectivity index (χ1v) is 10.6. The van der Waals surface area contributed by atoms with Crippen LogP contribution in [-0.2, 0) is 0 Å². The molecule has 0 saturated heterocycles. The molecule has 0 N–H and O–H groups in total. The van der Waals surface area contributed by atoms with Crippen molar-refractivity contribution in [2.24, 2.45) is 0 Å². The molecular weight excluding hydrogens is 421 g/mol. The van der Waals surface area contributed by atoms with E-state index in [-0.39, 0.29) is 18.3 Å². The van der Waals surface area contributed by atoms with Gasteiger partial charge in [-0.25, -0.2) is 4.98 Å². The topological polar surface area (TPSA) is 36.4 Å². The number of anilines is 1. The first kappa shape index (κ1) is 22.0. The van der Waals surface area contributed by atoms with Gasteiger partial charge in [0.2, 0.25) is 0 Å². The minimum absolute atomic E-state index is 0. The monoisotopic (exact) mass is 441 g/mol. The highest BCUT2D eigenvalue weighted by atomic mass is 35.5. The normalized spacial score (nSPS) is 10.9. The maximum Gasteiger partial charge on any atom is 0.261 e. The van der Waals surface area contributed by atoms with Gasteiger partial charge in [0.15, 0.2) is 5.13 Å². The summed E-state index contributed by atoms with van der Waals surface area (Å²) in [5.41, 5.74) is 1.40. The SMILES string of the molecule is CSc1ccc2nc(N(CCN(C)C)C(=O)c3ccccc3Cl)sc2c1.Cl. The van der Waals surface area contributed by atoms with Crippen molar-refractivity contribution in [2.45, 2.75) is 4.90 Å². The smallest absolute Gasteiger partial charge is 0.261 e. The van der Waals surface area contributed by atoms with E-state index in [9.17, 15) is 4.79 Å². The Morgan fingerprint density at radius 1 is 1.19 bits per heavy atom. The zero-order valence-electron chi connectivity index (χ0n) is 15.3. The van der Waals surface area contributed by atoms with Crippen LogP contribution in [0.3, 0.4) is 0 Å². The maximum atomic E-state index is 13.2. The molecule has 4 nitrogen and oxygen atoms in total. The molecule has 0 aliphatic heterocycles. The second-order valence-corrected chi connectivity index (χ2v) is 8.37. The molecule has 0 fully saturated rings. The van der Waals surface area contributed by atoms with Gasteiger partial charge in [0.25, 0.3) is 5.91 Å². The molecule has 0 radical (unpaired) electrons. The van der Waals surface area contributed by atoms with Gasteiger partial charge in [-0.2, -0.15) is 0 Å². The molecule has 0 aliphatic rings. The Hall–Kier alpha value is -1.31. The Balaban J connectivity index is 0.00000261. The van der Waals surface area contributed by atoms with Crippen LogP contribution < -0.4 is 4.90 Å². The number of likely N-dealkylation sites (N-methyl/N-ethyl adjacent to an activating group) is 1. The van der Waals surface area contributed by atoms with Crippen molar-refractivity contribution in [1.29, 1.82) is 0 Å². The summed E-state index contributed by atoms with van der Waals surface area (Å²) in [6.07, 6.45) is 2.05. The average molecular weight is 442 g/mol. The van der Waals surface area contributed by atoms with Crippen molar-refractivity contribution in [1.82, 2.24) is 9.88 Å². The predicted octanol–water partition coefficient (Wildman–Crippen LogP) is 5.30. The third kappa shape index (κ3) is 5.15. The summed E-state index contributed by atoms with van der Waals surface area (Å²) in [5.74, 6) is -0.124. The fraction of sp³-hybridized carbons (Fsp3) is 0.263. The number of nitrogens with zero attached hydrogens (tertiary/aromatic N) is 3. The van der Waals surface area contributed by atoms with E-state index in [4.69, 9.17) is 16.6 Å². The maximum absolute atomic E-state index is 13.2. The molecule has 0 spiro atoms. The van der Waals surface area contributed by atoms with E-state index >= 15 is 0 Å². The van der Waals surface area contributed by atoms with Gasteiger partial charge >= 0.3 is 0 Å². The summed E-state index contributed by atoms with van der Waals surface area (Å²) < 4.78 is 1.08. The molecule has 3 rings (SSSR count). The lowest BCUT2D eigenvalue weighted by Crippen LogP contribution is -2.36. The number of thiazole rings is 1. The summed E-state index contributed by atoms with van der Waals surface area (Å²) in [6.45, 7) is 1.29. The van der Waals surface area contributed by atoms with Crippen molar-refractivity contribution in [3.63, 3.8) is 0 Å². The van der Waals surface area contributed by atoms with Crippen LogP contribution in [0.25, 0.3) is 10.2 Å². The van der Waals surface area contributed by atoms with Crippen LogP contribution in [0.15, 0.2) is 47.4 Å². The molecule has 1 aromatic heterocycles. The van der Waals surface area contributed by atoms with E-state index in [1.54, 1.807) is 28.8 Å². The number of hydrogen-bond acceptors (Lipinski definition) is 5. The van der Waals surface area contributed by atoms with Crippen molar-refractivity contribution in [3.05, 3.63) is 53.1 Å². The summed E-state index contributed by atoms with van der Waals surface area (Å²) in [5, 5.41) is 1.16. The molecule has 0 aliphatic carbocycles. The van der Waals surface area contributed by atoms with Gasteiger partial charge in [0.1, 0.15) is 0 Å². The van der Waals surface area contributed by atoms with Crippen molar-refractivity contribution in [2.75, 3.05) is 38.3 Å². The second-order valence-electron chi connectivity index (χ2n) is 6.07. The van der Waals surface area contributed by atoms with E-state index in [1.807, 2.05) is 43.5 Å². The third-order valence-corrected chi connectivity index (χ3v) is 6.03. The van der Waals surface area contributed by atoms with E-state index in [0.29, 0.717) is 22.3 Å². The molecule has 1 heterocycles. The Labute approximate surface area is 178 Å². The first-order valence-electron chi connectivity index (χ1n) is 8.15. The van der Waals surface area contributed by atoms with Gasteiger partial charge in [-0.15, -0.1) is 24.2 Å². The first-order chi connectivity index (χ1) is 12.5. The van der Waals surface area contributed by atoms with Gasteiger partial charge in [-0.1, -0.05) is 35.1 Å². The van der Waals surface area contributed by atoms with Gasteiger partial charge in [0.05, 0.1) is 20.8 Å². The van der Waals surface area contributed by atoms with Gasteiger partial charge in [-0.05, 0) is 50.7 Å². The Bertz CT molecular complexity index is 930. The molecule has 27 heavy (non-hydrogen) atoms. The van der Waals surface area contributed by atoms with Crippen LogP contribution in [0.2, 0.25) is 5.02 Å². The lowest BCUT2D eigenvalue weighted by Gasteiger charge is -2.22. The lowest BCUT2D eigenvalue weighted by atomic mass is 10.2. The number of aromatic nitrogens is 1. The van der Waals surface area contributed by atoms with Crippen molar-refractivity contribution < 1.29 is 4.79 Å². The number of carbonyl (C=O) groups is 1. The number of halogens is 2. The Morgan fingerprint density at radius 3 is 2.59 bits per heavy atom. The number of hydrogen-bond donors (Lipinski definition) is 0. The Morgan fingerprint density at radius 2 is 1.93 bits per heavy atom. The summed E-state index contributed by atoms with van der Waals surface area (Å²) in [7, 11) is 3.97. The molecule has 0 atom stereocenters. The van der Waals surface area contributed by atoms with Crippen LogP contribution in [0, 0.1) is 0 Å². The second kappa shape index (κ2) is 9.75. The molecule has 2 aromatic carbocycles. The summed E-state index contributed by atoms with van der Waals surface area (Å²) in [6, 6.07) is 13.3. The summed E-state index contributed by atoms with van der Waals surface area (Å²) >= 11 is 9.48. The van der Waals surface area contributed by atoms with E-state index in [0.717, 1.165) is 16.8 Å². The molecule has 0 bridgehead atoms. The van der Waals surface area contributed by atoms with E-state index in [1.165, 1.54) is 16.2 Å². The fourth-order valence-electron chi connectivity index (χ4n) is 2.50. The molecule has 0 saturated carbocycles. The quantitative estimate of drug-likeness (QED) is 0.486. The number of fused-ring (bicyclic) bond motifs is 1. The molecule has 0 unspecified atom stereocenters. The summed E-state index contributed by atoms with van der Waals surface area (Å²) in [4.78, 5) is 22.8. The van der Waals surface area contributed by atoms with Crippen LogP contribution in [0.5, 0.6) is 0 Å². The molecule has 8 heteroatoms. The Kier molecular flexibility index (Phi) is 7.94. The third-order valence-electron chi connectivity index (χ3n) is 3.94. The number of benzene rings is 2. The van der Waals surface area contributed by atoms with Crippen molar-refractivity contribution in [3.8, 4) is 0 Å². The van der Waals surface area contributed by atoms with Crippen molar-refractivity contribution >= 4 is 68.4 Å². The van der Waals surface area contributed by atoms with Gasteiger partial charge in [-0.3, -0.25) is 9.69 Å². The van der Waals surface area contributed by atoms with Gasteiger partial charge < -0.3 is 4.90 Å². The fourth-order valence-corrected chi connectivity index (χ4v) is 4.26. The minimum Gasteiger partial charge on any atom is -0.308 e. The lowest BCUT2D eigenvalue weighted by molar-refractivity contribution is 0.0985. The van der Waals surface area contributed by atoms with Crippen LogP contribution in [0.1, 0.15) is 10.4 Å². The zero-order valence-corrected chi connectivity index (χ0v) is 18.5. The molecular formula is C19H21Cl2N3OS2. The number of rotatable bonds is 6. The zero-order chi connectivity index (χ0) is 18.7. The van der Waals surface area contributed by atoms with Gasteiger partial charge in [0, 0.05) is 18.0 Å². The number of thioether (sulfide) groups is 1. The number of carbonyl (C=O) groups excluding carboxylic acids is 1. The van der Waals surface area contributed by atoms with E-state index < -0.39 is 0 Å². The highest BCUT2D eigenvalue weighted by Gasteiger charge is 2.23.